The molecule has 0 atom stereocenters. The van der Waals surface area contributed by atoms with E-state index in [-0.39, 0.29) is 5.91 Å². The number of amides is 1. The number of anilines is 1. The maximum absolute atomic E-state index is 12.1. The van der Waals surface area contributed by atoms with Gasteiger partial charge in [-0.1, -0.05) is 36.4 Å². The molecule has 3 heteroatoms. The molecule has 0 fully saturated rings. The maximum atomic E-state index is 12.1. The molecule has 0 aliphatic carbocycles. The van der Waals surface area contributed by atoms with Crippen LogP contribution < -0.4 is 4.90 Å². The molecule has 94 valence electrons. The van der Waals surface area contributed by atoms with Crippen LogP contribution in [0.2, 0.25) is 0 Å². The Hall–Kier alpha value is -1.87. The summed E-state index contributed by atoms with van der Waals surface area (Å²) in [6.45, 7) is 2.99. The molecule has 0 radical (unpaired) electrons. The van der Waals surface area contributed by atoms with Crippen molar-refractivity contribution in [2.24, 2.45) is 0 Å². The van der Waals surface area contributed by atoms with Crippen LogP contribution in [0.15, 0.2) is 42.5 Å². The Balaban J connectivity index is 2.52. The molecule has 2 aromatic carbocycles. The van der Waals surface area contributed by atoms with E-state index in [2.05, 4.69) is 0 Å². The van der Waals surface area contributed by atoms with Crippen molar-refractivity contribution in [1.29, 1.82) is 0 Å². The summed E-state index contributed by atoms with van der Waals surface area (Å²) in [6, 6.07) is 13.7. The summed E-state index contributed by atoms with van der Waals surface area (Å²) < 4.78 is 0. The maximum Gasteiger partial charge on any atom is 0.258 e. The van der Waals surface area contributed by atoms with Crippen LogP contribution in [0.25, 0.3) is 10.8 Å². The van der Waals surface area contributed by atoms with E-state index in [0.29, 0.717) is 0 Å². The van der Waals surface area contributed by atoms with Gasteiger partial charge in [0.05, 0.1) is 5.69 Å². The van der Waals surface area contributed by atoms with E-state index < -0.39 is 5.60 Å². The van der Waals surface area contributed by atoms with Gasteiger partial charge in [-0.25, -0.2) is 0 Å². The van der Waals surface area contributed by atoms with Crippen LogP contribution >= 0.6 is 0 Å². The quantitative estimate of drug-likeness (QED) is 0.880. The highest BCUT2D eigenvalue weighted by Crippen LogP contribution is 2.27. The third-order valence-electron chi connectivity index (χ3n) is 2.96. The zero-order chi connectivity index (χ0) is 13.3. The summed E-state index contributed by atoms with van der Waals surface area (Å²) in [5.41, 5.74) is -0.564. The topological polar surface area (TPSA) is 40.5 Å². The largest absolute Gasteiger partial charge is 0.381 e. The van der Waals surface area contributed by atoms with Gasteiger partial charge in [0.15, 0.2) is 0 Å². The predicted molar refractivity (Wildman–Crippen MR) is 73.7 cm³/mol. The molecule has 0 aliphatic heterocycles. The van der Waals surface area contributed by atoms with Crippen LogP contribution in [0.4, 0.5) is 5.69 Å². The van der Waals surface area contributed by atoms with Crippen molar-refractivity contribution in [3.63, 3.8) is 0 Å². The number of hydrogen-bond donors (Lipinski definition) is 1. The molecule has 1 amide bonds. The average molecular weight is 243 g/mol. The summed E-state index contributed by atoms with van der Waals surface area (Å²) in [4.78, 5) is 13.6. The molecule has 0 saturated heterocycles. The highest BCUT2D eigenvalue weighted by atomic mass is 16.3. The Labute approximate surface area is 107 Å². The number of carbonyl (C=O) groups excluding carboxylic acids is 1. The van der Waals surface area contributed by atoms with Gasteiger partial charge in [-0.3, -0.25) is 4.79 Å². The lowest BCUT2D eigenvalue weighted by atomic mass is 10.1. The Kier molecular flexibility index (Phi) is 3.09. The van der Waals surface area contributed by atoms with Crippen molar-refractivity contribution < 1.29 is 9.90 Å². The van der Waals surface area contributed by atoms with Gasteiger partial charge < -0.3 is 10.0 Å². The van der Waals surface area contributed by atoms with Gasteiger partial charge >= 0.3 is 0 Å². The minimum atomic E-state index is -1.37. The normalized spacial score (nSPS) is 11.6. The minimum absolute atomic E-state index is 0.321. The number of rotatable bonds is 2. The van der Waals surface area contributed by atoms with Gasteiger partial charge in [0.1, 0.15) is 5.60 Å². The van der Waals surface area contributed by atoms with Crippen LogP contribution in [0.5, 0.6) is 0 Å². The van der Waals surface area contributed by atoms with Crippen molar-refractivity contribution in [1.82, 2.24) is 0 Å². The second-order valence-corrected chi connectivity index (χ2v) is 4.92. The fraction of sp³-hybridized carbons (Fsp3) is 0.267. The molecule has 0 unspecified atom stereocenters. The highest BCUT2D eigenvalue weighted by molar-refractivity contribution is 6.05. The van der Waals surface area contributed by atoms with Gasteiger partial charge in [-0.2, -0.15) is 0 Å². The van der Waals surface area contributed by atoms with E-state index in [9.17, 15) is 9.90 Å². The van der Waals surface area contributed by atoms with Crippen molar-refractivity contribution in [2.45, 2.75) is 19.4 Å². The molecule has 18 heavy (non-hydrogen) atoms. The Morgan fingerprint density at radius 1 is 1.11 bits per heavy atom. The second-order valence-electron chi connectivity index (χ2n) is 4.92. The van der Waals surface area contributed by atoms with Crippen molar-refractivity contribution in [3.05, 3.63) is 42.5 Å². The van der Waals surface area contributed by atoms with E-state index in [1.54, 1.807) is 7.05 Å². The summed E-state index contributed by atoms with van der Waals surface area (Å²) in [5, 5.41) is 11.9. The summed E-state index contributed by atoms with van der Waals surface area (Å²) in [5.74, 6) is -0.321. The summed E-state index contributed by atoms with van der Waals surface area (Å²) in [6.07, 6.45) is 0. The number of fused-ring (bicyclic) bond motifs is 1. The summed E-state index contributed by atoms with van der Waals surface area (Å²) in [7, 11) is 1.68. The van der Waals surface area contributed by atoms with Gasteiger partial charge in [0, 0.05) is 12.4 Å². The third kappa shape index (κ3) is 2.22. The van der Waals surface area contributed by atoms with Crippen LogP contribution in [0.3, 0.4) is 0 Å². The molecule has 2 rings (SSSR count). The predicted octanol–water partition coefficient (Wildman–Crippen LogP) is 2.57. The Morgan fingerprint density at radius 2 is 1.72 bits per heavy atom. The van der Waals surface area contributed by atoms with Crippen LogP contribution in [-0.2, 0) is 4.79 Å². The number of hydrogen-bond acceptors (Lipinski definition) is 2. The number of aliphatic hydroxyl groups is 1. The van der Waals surface area contributed by atoms with Crippen molar-refractivity contribution >= 4 is 22.4 Å². The molecule has 0 saturated carbocycles. The molecule has 1 N–H and O–H groups in total. The summed E-state index contributed by atoms with van der Waals surface area (Å²) >= 11 is 0. The zero-order valence-electron chi connectivity index (χ0n) is 10.8. The van der Waals surface area contributed by atoms with E-state index in [1.165, 1.54) is 18.7 Å². The van der Waals surface area contributed by atoms with Gasteiger partial charge in [0.2, 0.25) is 0 Å². The van der Waals surface area contributed by atoms with E-state index in [0.717, 1.165) is 16.5 Å². The lowest BCUT2D eigenvalue weighted by Crippen LogP contribution is -2.43. The fourth-order valence-electron chi connectivity index (χ4n) is 2.02. The standard InChI is InChI=1S/C15H17NO2/c1-15(2,18)14(17)16(3)13-10-6-8-11-7-4-5-9-12(11)13/h4-10,18H,1-3H3. The Morgan fingerprint density at radius 3 is 2.39 bits per heavy atom. The Bertz CT molecular complexity index is 579. The van der Waals surface area contributed by atoms with Crippen molar-refractivity contribution in [3.8, 4) is 0 Å². The first-order chi connectivity index (χ1) is 8.41. The molecule has 0 aliphatic rings. The number of benzene rings is 2. The lowest BCUT2D eigenvalue weighted by molar-refractivity contribution is -0.133. The van der Waals surface area contributed by atoms with Gasteiger partial charge in [0.25, 0.3) is 5.91 Å². The molecular formula is C15H17NO2. The van der Waals surface area contributed by atoms with Gasteiger partial charge in [-0.05, 0) is 25.3 Å². The smallest absolute Gasteiger partial charge is 0.258 e. The lowest BCUT2D eigenvalue weighted by Gasteiger charge is -2.26. The van der Waals surface area contributed by atoms with E-state index in [4.69, 9.17) is 0 Å². The molecule has 0 spiro atoms. The molecular weight excluding hydrogens is 226 g/mol. The first-order valence-electron chi connectivity index (χ1n) is 5.89. The minimum Gasteiger partial charge on any atom is -0.381 e. The third-order valence-corrected chi connectivity index (χ3v) is 2.96. The molecule has 0 bridgehead atoms. The van der Waals surface area contributed by atoms with Crippen molar-refractivity contribution in [2.75, 3.05) is 11.9 Å². The average Bonchev–Trinajstić information content (AvgIpc) is 2.35. The van der Waals surface area contributed by atoms with E-state index in [1.807, 2.05) is 42.5 Å². The highest BCUT2D eigenvalue weighted by Gasteiger charge is 2.28. The molecule has 0 aromatic heterocycles. The first-order valence-corrected chi connectivity index (χ1v) is 5.89. The van der Waals surface area contributed by atoms with Crippen LogP contribution in [0, 0.1) is 0 Å². The molecule has 0 heterocycles. The zero-order valence-corrected chi connectivity index (χ0v) is 10.8. The van der Waals surface area contributed by atoms with Gasteiger partial charge in [-0.15, -0.1) is 0 Å². The molecule has 2 aromatic rings. The van der Waals surface area contributed by atoms with Crippen LogP contribution in [0.1, 0.15) is 13.8 Å². The van der Waals surface area contributed by atoms with E-state index >= 15 is 0 Å². The second kappa shape index (κ2) is 4.42. The van der Waals surface area contributed by atoms with Crippen LogP contribution in [-0.4, -0.2) is 23.7 Å². The number of nitrogens with zero attached hydrogens (tertiary/aromatic N) is 1. The number of likely N-dealkylation sites (N-methyl/N-ethyl adjacent to an activating group) is 1. The molecule has 3 nitrogen and oxygen atoms in total. The first kappa shape index (κ1) is 12.6. The SMILES string of the molecule is CN(C(=O)C(C)(C)O)c1cccc2ccccc12. The fourth-order valence-corrected chi connectivity index (χ4v) is 2.02. The number of carbonyl (C=O) groups is 1. The monoisotopic (exact) mass is 243 g/mol.